The van der Waals surface area contributed by atoms with E-state index in [0.29, 0.717) is 51.4 Å². The first-order valence-corrected chi connectivity index (χ1v) is 22.2. The molecule has 2 aliphatic rings. The number of urea groups is 1. The summed E-state index contributed by atoms with van der Waals surface area (Å²) in [4.78, 5) is 114. The van der Waals surface area contributed by atoms with Crippen LogP contribution in [-0.2, 0) is 46.4 Å². The van der Waals surface area contributed by atoms with Gasteiger partial charge in [0, 0.05) is 36.6 Å². The molecule has 5 unspecified atom stereocenters. The molecule has 5 atom stereocenters. The standard InChI is InChI=1S/C45H62N12O8/c1-49-34(18-12-22-51-43(47)48)39(61)55-35(24-29-26-52-32-16-7-6-15-31(29)32)40(62)54-33(38(46)60)17-8-11-21-50-37(59)25-36-41(63)57(44(65)56-36)45(19-9-3-10-20-45)42(64)53-30(27-58)23-28-13-4-2-5-14-28/h2,4-7,13-16,26-27,30,33-36,49,52H,3,8-12,17-25H2,1H3,(H2,46,60)(H,50,59)(H,53,64)(H,54,62)(H,55,61)(H,56,65)(H4,47,48,51). The summed E-state index contributed by atoms with van der Waals surface area (Å²) in [5.41, 5.74) is 17.5. The molecule has 1 saturated carbocycles. The lowest BCUT2D eigenvalue weighted by atomic mass is 9.79. The minimum Gasteiger partial charge on any atom is -0.370 e. The largest absolute Gasteiger partial charge is 0.370 e. The quantitative estimate of drug-likeness (QED) is 0.0178. The molecule has 3 aromatic rings. The van der Waals surface area contributed by atoms with E-state index in [1.165, 1.54) is 0 Å². The van der Waals surface area contributed by atoms with E-state index in [4.69, 9.17) is 17.2 Å². The normalized spacial score (nSPS) is 17.5. The van der Waals surface area contributed by atoms with Crippen LogP contribution < -0.4 is 49.1 Å². The van der Waals surface area contributed by atoms with Gasteiger partial charge >= 0.3 is 6.03 Å². The van der Waals surface area contributed by atoms with Crippen molar-refractivity contribution in [2.75, 3.05) is 20.1 Å². The Kier molecular flexibility index (Phi) is 18.0. The molecule has 5 rings (SSSR count). The zero-order chi connectivity index (χ0) is 46.9. The number of rotatable bonds is 25. The van der Waals surface area contributed by atoms with Gasteiger partial charge in [0.05, 0.1) is 18.5 Å². The predicted octanol–water partition coefficient (Wildman–Crippen LogP) is 0.0332. The second-order valence-electron chi connectivity index (χ2n) is 16.6. The number of hydrogen-bond donors (Lipinski definition) is 10. The number of aromatic nitrogens is 1. The highest BCUT2D eigenvalue weighted by Gasteiger charge is 2.55. The molecule has 0 bridgehead atoms. The molecule has 350 valence electrons. The number of aliphatic imine (C=N–C) groups is 1. The highest BCUT2D eigenvalue weighted by Crippen LogP contribution is 2.37. The summed E-state index contributed by atoms with van der Waals surface area (Å²) >= 11 is 0. The number of imide groups is 1. The van der Waals surface area contributed by atoms with Crippen LogP contribution in [0, 0.1) is 0 Å². The van der Waals surface area contributed by atoms with E-state index < -0.39 is 77.2 Å². The summed E-state index contributed by atoms with van der Waals surface area (Å²) < 4.78 is 0. The number of carbonyl (C=O) groups excluding carboxylic acids is 8. The third kappa shape index (κ3) is 13.3. The summed E-state index contributed by atoms with van der Waals surface area (Å²) in [6.45, 7) is 0.462. The second-order valence-corrected chi connectivity index (χ2v) is 16.6. The number of hydrogen-bond acceptors (Lipinski definition) is 10. The Morgan fingerprint density at radius 2 is 1.52 bits per heavy atom. The van der Waals surface area contributed by atoms with Gasteiger partial charge in [-0.25, -0.2) is 9.69 Å². The van der Waals surface area contributed by atoms with Gasteiger partial charge in [0.25, 0.3) is 5.91 Å². The molecule has 8 amide bonds. The van der Waals surface area contributed by atoms with Crippen LogP contribution in [0.15, 0.2) is 65.8 Å². The maximum absolute atomic E-state index is 13.9. The van der Waals surface area contributed by atoms with Crippen molar-refractivity contribution in [2.24, 2.45) is 22.2 Å². The minimum absolute atomic E-state index is 0.0561. The fourth-order valence-electron chi connectivity index (χ4n) is 8.50. The van der Waals surface area contributed by atoms with Crippen LogP contribution in [0.25, 0.3) is 10.9 Å². The van der Waals surface area contributed by atoms with E-state index in [0.717, 1.165) is 33.4 Å². The van der Waals surface area contributed by atoms with Crippen molar-refractivity contribution in [3.8, 4) is 0 Å². The average molecular weight is 899 g/mol. The zero-order valence-corrected chi connectivity index (χ0v) is 36.7. The molecule has 2 aromatic carbocycles. The minimum atomic E-state index is -1.51. The number of amides is 8. The number of primary amides is 1. The molecule has 1 saturated heterocycles. The number of H-pyrrole nitrogens is 1. The molecule has 1 aliphatic heterocycles. The highest BCUT2D eigenvalue weighted by molar-refractivity contribution is 6.10. The van der Waals surface area contributed by atoms with Crippen LogP contribution in [0.3, 0.4) is 0 Å². The molecule has 0 radical (unpaired) electrons. The number of carbonyl (C=O) groups is 8. The third-order valence-electron chi connectivity index (χ3n) is 12.0. The number of guanidine groups is 1. The number of nitrogens with zero attached hydrogens (tertiary/aromatic N) is 2. The van der Waals surface area contributed by atoms with Crippen molar-refractivity contribution in [3.63, 3.8) is 0 Å². The Balaban J connectivity index is 1.13. The number of nitrogens with one attached hydrogen (secondary N) is 7. The maximum atomic E-state index is 13.9. The van der Waals surface area contributed by atoms with Crippen molar-refractivity contribution >= 4 is 64.6 Å². The van der Waals surface area contributed by atoms with Crippen molar-refractivity contribution in [1.82, 2.24) is 41.8 Å². The van der Waals surface area contributed by atoms with Gasteiger partial charge in [-0.2, -0.15) is 0 Å². The lowest BCUT2D eigenvalue weighted by Crippen LogP contribution is -2.63. The van der Waals surface area contributed by atoms with E-state index in [-0.39, 0.29) is 51.0 Å². The Morgan fingerprint density at radius 1 is 0.846 bits per heavy atom. The van der Waals surface area contributed by atoms with Gasteiger partial charge in [0.2, 0.25) is 29.5 Å². The van der Waals surface area contributed by atoms with Crippen LogP contribution in [0.5, 0.6) is 0 Å². The SMILES string of the molecule is CNC(CCCN=C(N)N)C(=O)NC(Cc1c[nH]c2ccccc12)C(=O)NC(CCCCNC(=O)CC1NC(=O)N(C2(C(=O)NC(C=O)Cc3ccccc3)CCCCC2)C1=O)C(N)=O. The first-order valence-electron chi connectivity index (χ1n) is 22.2. The average Bonchev–Trinajstić information content (AvgIpc) is 3.83. The van der Waals surface area contributed by atoms with Gasteiger partial charge in [0.15, 0.2) is 5.96 Å². The molecular formula is C45H62N12O8. The lowest BCUT2D eigenvalue weighted by molar-refractivity contribution is -0.145. The van der Waals surface area contributed by atoms with Crippen LogP contribution in [0.4, 0.5) is 4.79 Å². The van der Waals surface area contributed by atoms with E-state index >= 15 is 0 Å². The first kappa shape index (κ1) is 49.2. The molecule has 65 heavy (non-hydrogen) atoms. The summed E-state index contributed by atoms with van der Waals surface area (Å²) in [5.74, 6) is -3.70. The Hall–Kier alpha value is -6.83. The fraction of sp³-hybridized carbons (Fsp3) is 0.489. The molecule has 2 fully saturated rings. The van der Waals surface area contributed by atoms with E-state index in [2.05, 4.69) is 41.9 Å². The molecule has 13 N–H and O–H groups in total. The van der Waals surface area contributed by atoms with E-state index in [1.54, 1.807) is 13.2 Å². The van der Waals surface area contributed by atoms with Crippen LogP contribution in [-0.4, -0.2) is 119 Å². The predicted molar refractivity (Wildman–Crippen MR) is 242 cm³/mol. The first-order chi connectivity index (χ1) is 31.3. The Morgan fingerprint density at radius 3 is 2.22 bits per heavy atom. The summed E-state index contributed by atoms with van der Waals surface area (Å²) in [6, 6.07) is 11.0. The van der Waals surface area contributed by atoms with E-state index in [9.17, 15) is 38.4 Å². The Bertz CT molecular complexity index is 2190. The number of para-hydroxylation sites is 1. The van der Waals surface area contributed by atoms with Crippen LogP contribution >= 0.6 is 0 Å². The van der Waals surface area contributed by atoms with Crippen molar-refractivity contribution in [1.29, 1.82) is 0 Å². The van der Waals surface area contributed by atoms with Crippen LogP contribution in [0.2, 0.25) is 0 Å². The Labute approximate surface area is 377 Å². The topological polar surface area (TPSA) is 318 Å². The maximum Gasteiger partial charge on any atom is 0.325 e. The molecule has 20 heteroatoms. The third-order valence-corrected chi connectivity index (χ3v) is 12.0. The van der Waals surface area contributed by atoms with Gasteiger partial charge in [-0.15, -0.1) is 0 Å². The summed E-state index contributed by atoms with van der Waals surface area (Å²) in [7, 11) is 1.63. The van der Waals surface area contributed by atoms with Crippen molar-refractivity contribution in [3.05, 3.63) is 71.9 Å². The summed E-state index contributed by atoms with van der Waals surface area (Å²) in [5, 5.41) is 17.4. The van der Waals surface area contributed by atoms with Crippen molar-refractivity contribution < 1.29 is 38.4 Å². The zero-order valence-electron chi connectivity index (χ0n) is 36.7. The number of unbranched alkanes of at least 4 members (excludes halogenated alkanes) is 1. The number of nitrogens with two attached hydrogens (primary N) is 3. The molecule has 2 heterocycles. The van der Waals surface area contributed by atoms with Gasteiger partial charge in [-0.3, -0.25) is 33.8 Å². The van der Waals surface area contributed by atoms with Gasteiger partial charge < -0.3 is 58.9 Å². The number of benzene rings is 2. The van der Waals surface area contributed by atoms with Gasteiger partial charge in [-0.05, 0) is 75.6 Å². The van der Waals surface area contributed by atoms with E-state index in [1.807, 2.05) is 54.6 Å². The van der Waals surface area contributed by atoms with Crippen LogP contribution in [0.1, 0.15) is 81.8 Å². The molecule has 20 nitrogen and oxygen atoms in total. The molecule has 0 spiro atoms. The summed E-state index contributed by atoms with van der Waals surface area (Å²) in [6.07, 6.45) is 6.51. The molecule has 1 aromatic heterocycles. The van der Waals surface area contributed by atoms with Gasteiger partial charge in [0.1, 0.15) is 30.0 Å². The van der Waals surface area contributed by atoms with Gasteiger partial charge in [-0.1, -0.05) is 67.8 Å². The lowest BCUT2D eigenvalue weighted by Gasteiger charge is -2.41. The smallest absolute Gasteiger partial charge is 0.325 e. The number of aromatic amines is 1. The fourth-order valence-corrected chi connectivity index (χ4v) is 8.50. The number of aldehydes is 1. The van der Waals surface area contributed by atoms with Crippen molar-refractivity contribution in [2.45, 2.75) is 119 Å². The monoisotopic (exact) mass is 898 g/mol. The molecular weight excluding hydrogens is 837 g/mol. The highest BCUT2D eigenvalue weighted by atomic mass is 16.2. The second kappa shape index (κ2) is 23.7. The molecule has 1 aliphatic carbocycles. The number of fused-ring (bicyclic) bond motifs is 1. The number of likely N-dealkylation sites (N-methyl/N-ethyl adjacent to an activating group) is 1.